The number of anilines is 1. The summed E-state index contributed by atoms with van der Waals surface area (Å²) in [6.07, 6.45) is 3.17. The zero-order chi connectivity index (χ0) is 16.9. The maximum absolute atomic E-state index is 12.7. The Morgan fingerprint density at radius 3 is 2.69 bits per heavy atom. The summed E-state index contributed by atoms with van der Waals surface area (Å²) in [5.74, 6) is 0.0960. The van der Waals surface area contributed by atoms with E-state index in [4.69, 9.17) is 0 Å². The summed E-state index contributed by atoms with van der Waals surface area (Å²) >= 11 is -0.343. The zero-order valence-electron chi connectivity index (χ0n) is 15.0. The van der Waals surface area contributed by atoms with Crippen LogP contribution in [0.2, 0.25) is 0 Å². The summed E-state index contributed by atoms with van der Waals surface area (Å²) in [5, 5.41) is 6.61. The summed E-state index contributed by atoms with van der Waals surface area (Å²) in [4.78, 5) is 15.0. The van der Waals surface area contributed by atoms with Gasteiger partial charge < -0.3 is 15.5 Å². The lowest BCUT2D eigenvalue weighted by Gasteiger charge is -2.25. The van der Waals surface area contributed by atoms with Crippen LogP contribution in [-0.4, -0.2) is 41.0 Å². The summed E-state index contributed by atoms with van der Waals surface area (Å²) in [7, 11) is 0. The number of rotatable bonds is 6. The molecule has 0 unspecified atom stereocenters. The van der Waals surface area contributed by atoms with Crippen LogP contribution < -0.4 is 10.6 Å². The van der Waals surface area contributed by atoms with Gasteiger partial charge in [-0.15, -0.1) is 24.8 Å². The van der Waals surface area contributed by atoms with Crippen LogP contribution in [0.5, 0.6) is 0 Å². The standard InChI is InChI=1S/C19H24IN3O.2ClH/c1-3-23(4-2)12-11-21-19(24)17-18-15(9-10-20-17)13-14-7-5-6-8-16(14)22-18;;/h5-8,10,13,22H,3-4,9,11-12H2,1-2H3,(H,21,24);2*1H. The summed E-state index contributed by atoms with van der Waals surface area (Å²) in [5.41, 5.74) is 4.57. The molecule has 0 atom stereocenters. The van der Waals surface area contributed by atoms with Gasteiger partial charge in [-0.1, -0.05) is 52.8 Å². The van der Waals surface area contributed by atoms with Crippen LogP contribution in [0.4, 0.5) is 5.69 Å². The molecule has 0 aliphatic carbocycles. The quantitative estimate of drug-likeness (QED) is 0.565. The van der Waals surface area contributed by atoms with E-state index in [2.05, 4.69) is 51.6 Å². The second-order valence-electron chi connectivity index (χ2n) is 5.82. The van der Waals surface area contributed by atoms with E-state index < -0.39 is 0 Å². The Kier molecular flexibility index (Phi) is 9.85. The summed E-state index contributed by atoms with van der Waals surface area (Å²) in [6.45, 7) is 7.95. The highest BCUT2D eigenvalue weighted by Gasteiger charge is 2.23. The molecule has 144 valence electrons. The van der Waals surface area contributed by atoms with E-state index >= 15 is 0 Å². The van der Waals surface area contributed by atoms with Crippen molar-refractivity contribution in [3.05, 3.63) is 44.7 Å². The van der Waals surface area contributed by atoms with Gasteiger partial charge in [0.05, 0.1) is 9.28 Å². The Morgan fingerprint density at radius 2 is 1.96 bits per heavy atom. The van der Waals surface area contributed by atoms with Crippen molar-refractivity contribution in [3.63, 3.8) is 0 Å². The maximum Gasteiger partial charge on any atom is 0.259 e. The zero-order valence-corrected chi connectivity index (χ0v) is 18.8. The molecule has 3 rings (SSSR count). The van der Waals surface area contributed by atoms with Crippen LogP contribution in [0.15, 0.2) is 39.1 Å². The molecule has 2 N–H and O–H groups in total. The van der Waals surface area contributed by atoms with Crippen molar-refractivity contribution in [1.82, 2.24) is 10.2 Å². The van der Waals surface area contributed by atoms with Crippen molar-refractivity contribution >= 4 is 67.2 Å². The fourth-order valence-electron chi connectivity index (χ4n) is 2.93. The Morgan fingerprint density at radius 1 is 1.23 bits per heavy atom. The number of fused-ring (bicyclic) bond motifs is 2. The third kappa shape index (κ3) is 5.31. The van der Waals surface area contributed by atoms with E-state index in [-0.39, 0.29) is 51.5 Å². The van der Waals surface area contributed by atoms with Gasteiger partial charge in [0.25, 0.3) is 5.91 Å². The third-order valence-corrected chi connectivity index (χ3v) is 6.91. The first kappa shape index (κ1) is 23.1. The third-order valence-electron chi connectivity index (χ3n) is 4.38. The van der Waals surface area contributed by atoms with Crippen LogP contribution in [-0.2, 0) is 4.79 Å². The highest BCUT2D eigenvalue weighted by Crippen LogP contribution is 2.37. The smallest absolute Gasteiger partial charge is 0.259 e. The summed E-state index contributed by atoms with van der Waals surface area (Å²) < 4.78 is 3.25. The van der Waals surface area contributed by atoms with Gasteiger partial charge in [0.15, 0.2) is 0 Å². The van der Waals surface area contributed by atoms with E-state index in [9.17, 15) is 4.79 Å². The van der Waals surface area contributed by atoms with E-state index in [0.29, 0.717) is 6.54 Å². The summed E-state index contributed by atoms with van der Waals surface area (Å²) in [6, 6.07) is 8.26. The fourth-order valence-corrected chi connectivity index (χ4v) is 5.33. The number of para-hydroxylation sites is 1. The predicted octanol–water partition coefficient (Wildman–Crippen LogP) is 4.19. The van der Waals surface area contributed by atoms with E-state index in [0.717, 1.165) is 41.0 Å². The van der Waals surface area contributed by atoms with Crippen LogP contribution in [0.1, 0.15) is 25.8 Å². The molecule has 0 radical (unpaired) electrons. The molecule has 2 aliphatic heterocycles. The first-order valence-electron chi connectivity index (χ1n) is 8.49. The van der Waals surface area contributed by atoms with Crippen LogP contribution >= 0.6 is 45.5 Å². The number of halogens is 3. The highest BCUT2D eigenvalue weighted by atomic mass is 127. The number of allylic oxidation sites excluding steroid dienone is 1. The Bertz CT molecular complexity index is 727. The van der Waals surface area contributed by atoms with Gasteiger partial charge in [0.2, 0.25) is 0 Å². The van der Waals surface area contributed by atoms with E-state index in [1.54, 1.807) is 0 Å². The SMILES string of the molecule is CCN(CC)CCNC(=O)C1=C2Nc3ccccc3C=C2CC=I1.Cl.Cl. The Labute approximate surface area is 178 Å². The molecule has 2 aliphatic rings. The fraction of sp³-hybridized carbons (Fsp3) is 0.368. The Hall–Kier alpha value is -0.890. The second kappa shape index (κ2) is 11.1. The number of amides is 1. The lowest BCUT2D eigenvalue weighted by molar-refractivity contribution is -0.116. The minimum atomic E-state index is -0.343. The molecule has 7 heteroatoms. The molecular weight excluding hydrogens is 484 g/mol. The first-order chi connectivity index (χ1) is 11.7. The molecule has 2 heterocycles. The lowest BCUT2D eigenvalue weighted by Crippen LogP contribution is -2.35. The van der Waals surface area contributed by atoms with Crippen LogP contribution in [0, 0.1) is 0 Å². The van der Waals surface area contributed by atoms with Crippen molar-refractivity contribution in [2.75, 3.05) is 31.5 Å². The molecule has 0 fully saturated rings. The number of carbonyl (C=O) groups excluding carboxylic acids is 1. The average Bonchev–Trinajstić information content (AvgIpc) is 2.63. The number of benzene rings is 1. The normalized spacial score (nSPS) is 14.7. The minimum absolute atomic E-state index is 0. The van der Waals surface area contributed by atoms with Crippen molar-refractivity contribution in [3.8, 4) is 0 Å². The van der Waals surface area contributed by atoms with E-state index in [1.807, 2.05) is 12.1 Å². The molecule has 0 saturated heterocycles. The molecule has 0 bridgehead atoms. The largest absolute Gasteiger partial charge is 0.354 e. The number of likely N-dealkylation sites (N-methyl/N-ethyl adjacent to an activating group) is 1. The molecule has 1 aromatic rings. The second-order valence-corrected chi connectivity index (χ2v) is 8.40. The monoisotopic (exact) mass is 509 g/mol. The van der Waals surface area contributed by atoms with Gasteiger partial charge in [-0.2, -0.15) is 0 Å². The van der Waals surface area contributed by atoms with Gasteiger partial charge in [0.1, 0.15) is 0 Å². The average molecular weight is 510 g/mol. The molecule has 1 amide bonds. The molecule has 0 saturated carbocycles. The molecule has 26 heavy (non-hydrogen) atoms. The van der Waals surface area contributed by atoms with Gasteiger partial charge >= 0.3 is 0 Å². The molecule has 1 aromatic carbocycles. The molecule has 0 aromatic heterocycles. The van der Waals surface area contributed by atoms with Crippen molar-refractivity contribution in [2.45, 2.75) is 20.3 Å². The van der Waals surface area contributed by atoms with Crippen LogP contribution in [0.25, 0.3) is 6.08 Å². The Balaban J connectivity index is 0.00000169. The molecule has 4 nitrogen and oxygen atoms in total. The van der Waals surface area contributed by atoms with Gasteiger partial charge in [-0.3, -0.25) is 4.79 Å². The van der Waals surface area contributed by atoms with Crippen LogP contribution in [0.3, 0.4) is 0 Å². The number of hydrogen-bond acceptors (Lipinski definition) is 3. The topological polar surface area (TPSA) is 44.4 Å². The number of nitrogens with one attached hydrogen (secondary N) is 2. The van der Waals surface area contributed by atoms with Gasteiger partial charge in [0, 0.05) is 18.8 Å². The van der Waals surface area contributed by atoms with Crippen molar-refractivity contribution in [2.24, 2.45) is 0 Å². The number of carbonyl (C=O) groups is 1. The predicted molar refractivity (Wildman–Crippen MR) is 125 cm³/mol. The first-order valence-corrected chi connectivity index (χ1v) is 10.8. The van der Waals surface area contributed by atoms with Gasteiger partial charge in [-0.05, 0) is 46.8 Å². The van der Waals surface area contributed by atoms with E-state index in [1.165, 1.54) is 11.1 Å². The highest BCUT2D eigenvalue weighted by molar-refractivity contribution is 14.2. The minimum Gasteiger partial charge on any atom is -0.354 e. The number of hydrogen-bond donors (Lipinski definition) is 2. The van der Waals surface area contributed by atoms with Crippen molar-refractivity contribution < 1.29 is 4.79 Å². The maximum atomic E-state index is 12.7. The van der Waals surface area contributed by atoms with Gasteiger partial charge in [-0.25, -0.2) is 0 Å². The molecule has 0 spiro atoms. The molecular formula is C19H26Cl2IN3O. The lowest BCUT2D eigenvalue weighted by atomic mass is 9.99. The van der Waals surface area contributed by atoms with Crippen molar-refractivity contribution in [1.29, 1.82) is 0 Å². The number of nitrogens with zero attached hydrogens (tertiary/aromatic N) is 1.